The van der Waals surface area contributed by atoms with Gasteiger partial charge in [0.05, 0.1) is 26.3 Å². The highest BCUT2D eigenvalue weighted by atomic mass is 32.1. The van der Waals surface area contributed by atoms with E-state index in [1.165, 1.54) is 34.7 Å². The largest absolute Gasteiger partial charge is 0.493 e. The van der Waals surface area contributed by atoms with Gasteiger partial charge in [0.15, 0.2) is 17.3 Å². The van der Waals surface area contributed by atoms with Crippen LogP contribution in [0.25, 0.3) is 10.2 Å². The second-order valence-corrected chi connectivity index (χ2v) is 7.18. The van der Waals surface area contributed by atoms with E-state index in [2.05, 4.69) is 0 Å². The molecule has 0 fully saturated rings. The lowest BCUT2D eigenvalue weighted by Crippen LogP contribution is -2.41. The van der Waals surface area contributed by atoms with E-state index >= 15 is 0 Å². The summed E-state index contributed by atoms with van der Waals surface area (Å²) in [5.41, 5.74) is 0.0514. The van der Waals surface area contributed by atoms with Gasteiger partial charge < -0.3 is 9.47 Å². The third-order valence-corrected chi connectivity index (χ3v) is 5.20. The fraction of sp³-hybridized carbons (Fsp3) is 0.316. The van der Waals surface area contributed by atoms with Gasteiger partial charge in [-0.05, 0) is 43.5 Å². The zero-order chi connectivity index (χ0) is 19.7. The Bertz CT molecular complexity index is 1120. The van der Waals surface area contributed by atoms with Crippen LogP contribution in [0.1, 0.15) is 30.2 Å². The first kappa shape index (κ1) is 18.9. The summed E-state index contributed by atoms with van der Waals surface area (Å²) in [6.45, 7) is 3.36. The van der Waals surface area contributed by atoms with Crippen molar-refractivity contribution in [3.63, 3.8) is 0 Å². The molecule has 0 N–H and O–H groups in total. The Balaban J connectivity index is 2.09. The Morgan fingerprint density at radius 1 is 1.11 bits per heavy atom. The van der Waals surface area contributed by atoms with Crippen LogP contribution >= 0.6 is 11.3 Å². The van der Waals surface area contributed by atoms with Crippen molar-refractivity contribution < 1.29 is 14.3 Å². The number of carbonyl (C=O) groups is 1. The van der Waals surface area contributed by atoms with Crippen LogP contribution in [-0.2, 0) is 6.54 Å². The maximum atomic E-state index is 12.9. The predicted octanol–water partition coefficient (Wildman–Crippen LogP) is 2.71. The molecule has 27 heavy (non-hydrogen) atoms. The van der Waals surface area contributed by atoms with Gasteiger partial charge in [-0.15, -0.1) is 11.3 Å². The number of rotatable bonds is 6. The van der Waals surface area contributed by atoms with Gasteiger partial charge in [-0.2, -0.15) is 0 Å². The molecule has 3 aromatic rings. The van der Waals surface area contributed by atoms with Gasteiger partial charge in [0, 0.05) is 11.6 Å². The van der Waals surface area contributed by atoms with Crippen LogP contribution < -0.4 is 20.7 Å². The fourth-order valence-corrected chi connectivity index (χ4v) is 3.79. The molecule has 0 aliphatic heterocycles. The molecule has 2 heterocycles. The normalized spacial score (nSPS) is 11.1. The van der Waals surface area contributed by atoms with Gasteiger partial charge in [-0.1, -0.05) is 0 Å². The number of benzene rings is 1. The van der Waals surface area contributed by atoms with E-state index in [1.54, 1.807) is 43.5 Å². The monoisotopic (exact) mass is 388 g/mol. The summed E-state index contributed by atoms with van der Waals surface area (Å²) in [7, 11) is 3.01. The minimum absolute atomic E-state index is 0.172. The number of thiophene rings is 1. The highest BCUT2D eigenvalue weighted by Gasteiger charge is 2.19. The molecule has 0 radical (unpaired) electrons. The minimum atomic E-state index is -0.491. The van der Waals surface area contributed by atoms with Crippen LogP contribution in [-0.4, -0.2) is 29.1 Å². The number of hydrogen-bond acceptors (Lipinski definition) is 6. The Labute approximate surface area is 159 Å². The average Bonchev–Trinajstić information content (AvgIpc) is 3.14. The molecule has 2 aromatic heterocycles. The van der Waals surface area contributed by atoms with Crippen molar-refractivity contribution in [3.8, 4) is 11.5 Å². The van der Waals surface area contributed by atoms with E-state index in [9.17, 15) is 14.4 Å². The van der Waals surface area contributed by atoms with Crippen LogP contribution in [0.5, 0.6) is 11.5 Å². The van der Waals surface area contributed by atoms with Gasteiger partial charge in [0.1, 0.15) is 4.70 Å². The number of nitrogens with zero attached hydrogens (tertiary/aromatic N) is 2. The smallest absolute Gasteiger partial charge is 0.332 e. The summed E-state index contributed by atoms with van der Waals surface area (Å²) in [6.07, 6.45) is 0. The molecular weight excluding hydrogens is 368 g/mol. The number of methoxy groups -OCH3 is 2. The SMILES string of the molecule is COc1ccc(C(=O)Cn2c(=O)n(C(C)C)c(=O)c3sccc32)cc1OC. The number of fused-ring (bicyclic) bond motifs is 1. The molecule has 0 atom stereocenters. The van der Waals surface area contributed by atoms with Crippen LogP contribution in [0.2, 0.25) is 0 Å². The number of hydrogen-bond donors (Lipinski definition) is 0. The third kappa shape index (κ3) is 3.28. The molecule has 0 unspecified atom stereocenters. The van der Waals surface area contributed by atoms with E-state index in [0.717, 1.165) is 0 Å². The van der Waals surface area contributed by atoms with Gasteiger partial charge >= 0.3 is 5.69 Å². The third-order valence-electron chi connectivity index (χ3n) is 4.31. The first-order valence-electron chi connectivity index (χ1n) is 8.36. The number of ether oxygens (including phenoxy) is 2. The van der Waals surface area contributed by atoms with Crippen molar-refractivity contribution in [2.45, 2.75) is 26.4 Å². The summed E-state index contributed by atoms with van der Waals surface area (Å²) < 4.78 is 13.4. The summed E-state index contributed by atoms with van der Waals surface area (Å²) in [6, 6.07) is 6.23. The number of ketones is 1. The highest BCUT2D eigenvalue weighted by Crippen LogP contribution is 2.28. The first-order valence-corrected chi connectivity index (χ1v) is 9.24. The van der Waals surface area contributed by atoms with Crippen molar-refractivity contribution in [2.75, 3.05) is 14.2 Å². The Morgan fingerprint density at radius 3 is 2.44 bits per heavy atom. The van der Waals surface area contributed by atoms with Crippen molar-refractivity contribution in [3.05, 3.63) is 56.0 Å². The van der Waals surface area contributed by atoms with E-state index in [0.29, 0.717) is 27.3 Å². The number of aromatic nitrogens is 2. The van der Waals surface area contributed by atoms with Gasteiger partial charge in [-0.3, -0.25) is 18.7 Å². The molecule has 142 valence electrons. The van der Waals surface area contributed by atoms with Crippen molar-refractivity contribution >= 4 is 27.3 Å². The van der Waals surface area contributed by atoms with Crippen LogP contribution in [0.15, 0.2) is 39.2 Å². The standard InChI is InChI=1S/C19H20N2O5S/c1-11(2)21-18(23)17-13(7-8-27-17)20(19(21)24)10-14(22)12-5-6-15(25-3)16(9-12)26-4/h5-9,11H,10H2,1-4H3. The minimum Gasteiger partial charge on any atom is -0.493 e. The fourth-order valence-electron chi connectivity index (χ4n) is 2.96. The van der Waals surface area contributed by atoms with Crippen molar-refractivity contribution in [2.24, 2.45) is 0 Å². The molecule has 0 bridgehead atoms. The lowest BCUT2D eigenvalue weighted by molar-refractivity contribution is 0.0970. The number of Topliss-reactive ketones (excluding diaryl/α,β-unsaturated/α-hetero) is 1. The van der Waals surface area contributed by atoms with Crippen molar-refractivity contribution in [1.82, 2.24) is 9.13 Å². The molecule has 8 heteroatoms. The number of carbonyl (C=O) groups excluding carboxylic acids is 1. The molecule has 0 spiro atoms. The molecule has 1 aromatic carbocycles. The quantitative estimate of drug-likeness (QED) is 0.607. The lowest BCUT2D eigenvalue weighted by atomic mass is 10.1. The van der Waals surface area contributed by atoms with Gasteiger partial charge in [0.25, 0.3) is 5.56 Å². The Kier molecular flexibility index (Phi) is 5.18. The van der Waals surface area contributed by atoms with E-state index in [4.69, 9.17) is 9.47 Å². The molecular formula is C19H20N2O5S. The lowest BCUT2D eigenvalue weighted by Gasteiger charge is -2.14. The second kappa shape index (κ2) is 7.40. The van der Waals surface area contributed by atoms with Crippen LogP contribution in [0, 0.1) is 0 Å². The molecule has 0 saturated heterocycles. The molecule has 0 saturated carbocycles. The topological polar surface area (TPSA) is 79.5 Å². The summed E-state index contributed by atoms with van der Waals surface area (Å²) in [5.74, 6) is 0.683. The van der Waals surface area contributed by atoms with Crippen LogP contribution in [0.3, 0.4) is 0 Å². The summed E-state index contributed by atoms with van der Waals surface area (Å²) >= 11 is 1.26. The van der Waals surface area contributed by atoms with E-state index in [-0.39, 0.29) is 23.9 Å². The molecule has 0 aliphatic rings. The van der Waals surface area contributed by atoms with Gasteiger partial charge in [0.2, 0.25) is 0 Å². The second-order valence-electron chi connectivity index (χ2n) is 6.27. The summed E-state index contributed by atoms with van der Waals surface area (Å²) in [5, 5.41) is 1.74. The molecule has 7 nitrogen and oxygen atoms in total. The maximum Gasteiger partial charge on any atom is 0.332 e. The first-order chi connectivity index (χ1) is 12.9. The molecule has 0 amide bonds. The van der Waals surface area contributed by atoms with Crippen LogP contribution in [0.4, 0.5) is 0 Å². The average molecular weight is 388 g/mol. The van der Waals surface area contributed by atoms with Gasteiger partial charge in [-0.25, -0.2) is 4.79 Å². The zero-order valence-electron chi connectivity index (χ0n) is 15.5. The van der Waals surface area contributed by atoms with E-state index in [1.807, 2.05) is 0 Å². The zero-order valence-corrected chi connectivity index (χ0v) is 16.3. The van der Waals surface area contributed by atoms with Crippen molar-refractivity contribution in [1.29, 1.82) is 0 Å². The molecule has 0 aliphatic carbocycles. The molecule has 3 rings (SSSR count). The van der Waals surface area contributed by atoms with E-state index < -0.39 is 5.69 Å². The maximum absolute atomic E-state index is 12.9. The Morgan fingerprint density at radius 2 is 1.81 bits per heavy atom. The summed E-state index contributed by atoms with van der Waals surface area (Å²) in [4.78, 5) is 38.3. The Hall–Kier alpha value is -2.87. The predicted molar refractivity (Wildman–Crippen MR) is 105 cm³/mol. The highest BCUT2D eigenvalue weighted by molar-refractivity contribution is 7.17.